The third kappa shape index (κ3) is 3.15. The lowest BCUT2D eigenvalue weighted by Crippen LogP contribution is -2.27. The highest BCUT2D eigenvalue weighted by Gasteiger charge is 2.14. The number of amides is 1. The van der Waals surface area contributed by atoms with Gasteiger partial charge in [0.2, 0.25) is 0 Å². The summed E-state index contributed by atoms with van der Waals surface area (Å²) in [5.74, 6) is -0.529. The van der Waals surface area contributed by atoms with Crippen molar-refractivity contribution in [2.45, 2.75) is 19.9 Å². The molecule has 1 atom stereocenters. The predicted molar refractivity (Wildman–Crippen MR) is 77.9 cm³/mol. The van der Waals surface area contributed by atoms with E-state index in [4.69, 9.17) is 5.73 Å². The number of rotatable bonds is 3. The number of nitrogens with two attached hydrogens (primary N) is 1. The van der Waals surface area contributed by atoms with Gasteiger partial charge < -0.3 is 11.1 Å². The molecular formula is C16H17FN2O. The molecule has 0 heterocycles. The highest BCUT2D eigenvalue weighted by atomic mass is 19.1. The van der Waals surface area contributed by atoms with Gasteiger partial charge >= 0.3 is 0 Å². The summed E-state index contributed by atoms with van der Waals surface area (Å²) in [7, 11) is 0. The van der Waals surface area contributed by atoms with Gasteiger partial charge in [0.05, 0.1) is 11.6 Å². The molecule has 4 heteroatoms. The molecule has 104 valence electrons. The van der Waals surface area contributed by atoms with Gasteiger partial charge in [0.15, 0.2) is 0 Å². The summed E-state index contributed by atoms with van der Waals surface area (Å²) in [6.45, 7) is 3.75. The van der Waals surface area contributed by atoms with E-state index in [-0.39, 0.29) is 17.8 Å². The molecule has 0 fully saturated rings. The number of hydrogen-bond acceptors (Lipinski definition) is 2. The monoisotopic (exact) mass is 272 g/mol. The Balaban J connectivity index is 2.15. The lowest BCUT2D eigenvalue weighted by atomic mass is 10.1. The number of nitrogens with one attached hydrogen (secondary N) is 1. The molecule has 0 aromatic heterocycles. The van der Waals surface area contributed by atoms with Crippen molar-refractivity contribution in [1.82, 2.24) is 5.32 Å². The zero-order valence-electron chi connectivity index (χ0n) is 11.5. The van der Waals surface area contributed by atoms with Crippen LogP contribution in [0.3, 0.4) is 0 Å². The van der Waals surface area contributed by atoms with Crippen LogP contribution in [0.25, 0.3) is 0 Å². The van der Waals surface area contributed by atoms with E-state index in [9.17, 15) is 9.18 Å². The van der Waals surface area contributed by atoms with Crippen LogP contribution in [0.15, 0.2) is 42.5 Å². The number of carbonyl (C=O) groups excluding carboxylic acids is 1. The van der Waals surface area contributed by atoms with Crippen molar-refractivity contribution in [3.63, 3.8) is 0 Å². The van der Waals surface area contributed by atoms with Crippen molar-refractivity contribution in [2.75, 3.05) is 5.73 Å². The molecule has 0 saturated carbocycles. The van der Waals surface area contributed by atoms with E-state index in [1.807, 2.05) is 19.9 Å². The first kappa shape index (κ1) is 14.1. The quantitative estimate of drug-likeness (QED) is 0.843. The summed E-state index contributed by atoms with van der Waals surface area (Å²) >= 11 is 0. The number of halogens is 1. The van der Waals surface area contributed by atoms with Gasteiger partial charge in [-0.3, -0.25) is 4.79 Å². The minimum Gasteiger partial charge on any atom is -0.398 e. The molecule has 3 nitrogen and oxygen atoms in total. The fourth-order valence-corrected chi connectivity index (χ4v) is 1.98. The van der Waals surface area contributed by atoms with E-state index in [1.54, 1.807) is 24.3 Å². The fraction of sp³-hybridized carbons (Fsp3) is 0.188. The second kappa shape index (κ2) is 5.74. The van der Waals surface area contributed by atoms with Crippen LogP contribution in [0.4, 0.5) is 10.1 Å². The van der Waals surface area contributed by atoms with Crippen molar-refractivity contribution in [3.8, 4) is 0 Å². The third-order valence-corrected chi connectivity index (χ3v) is 3.17. The van der Waals surface area contributed by atoms with Crippen molar-refractivity contribution in [2.24, 2.45) is 0 Å². The molecular weight excluding hydrogens is 255 g/mol. The van der Waals surface area contributed by atoms with E-state index in [2.05, 4.69) is 5.32 Å². The summed E-state index contributed by atoms with van der Waals surface area (Å²) in [5.41, 5.74) is 8.53. The lowest BCUT2D eigenvalue weighted by Gasteiger charge is -2.15. The van der Waals surface area contributed by atoms with Crippen LogP contribution in [-0.2, 0) is 0 Å². The average molecular weight is 272 g/mol. The maximum atomic E-state index is 12.9. The minimum atomic E-state index is -0.296. The first-order valence-corrected chi connectivity index (χ1v) is 6.40. The Labute approximate surface area is 117 Å². The number of nitrogen functional groups attached to an aromatic ring is 1. The van der Waals surface area contributed by atoms with E-state index in [0.717, 1.165) is 11.1 Å². The maximum Gasteiger partial charge on any atom is 0.253 e. The van der Waals surface area contributed by atoms with E-state index in [1.165, 1.54) is 12.1 Å². The van der Waals surface area contributed by atoms with Gasteiger partial charge in [-0.25, -0.2) is 4.39 Å². The smallest absolute Gasteiger partial charge is 0.253 e. The normalized spacial score (nSPS) is 11.9. The summed E-state index contributed by atoms with van der Waals surface area (Å²) in [4.78, 5) is 12.2. The Hall–Kier alpha value is -2.36. The molecule has 1 amide bonds. The van der Waals surface area contributed by atoms with Crippen molar-refractivity contribution in [1.29, 1.82) is 0 Å². The second-order valence-corrected chi connectivity index (χ2v) is 4.84. The van der Waals surface area contributed by atoms with E-state index < -0.39 is 0 Å². The Morgan fingerprint density at radius 3 is 2.50 bits per heavy atom. The van der Waals surface area contributed by atoms with Crippen LogP contribution in [0.2, 0.25) is 0 Å². The van der Waals surface area contributed by atoms with Crippen molar-refractivity contribution >= 4 is 11.6 Å². The average Bonchev–Trinajstić information content (AvgIpc) is 2.42. The number of anilines is 1. The molecule has 0 spiro atoms. The fourth-order valence-electron chi connectivity index (χ4n) is 1.98. The Morgan fingerprint density at radius 1 is 1.20 bits per heavy atom. The number of carbonyl (C=O) groups is 1. The van der Waals surface area contributed by atoms with Crippen LogP contribution in [0.5, 0.6) is 0 Å². The van der Waals surface area contributed by atoms with Crippen LogP contribution < -0.4 is 11.1 Å². The summed E-state index contributed by atoms with van der Waals surface area (Å²) in [6, 6.07) is 11.2. The van der Waals surface area contributed by atoms with Crippen LogP contribution in [-0.4, -0.2) is 5.91 Å². The van der Waals surface area contributed by atoms with Gasteiger partial charge in [-0.05, 0) is 43.7 Å². The Morgan fingerprint density at radius 2 is 1.85 bits per heavy atom. The zero-order valence-corrected chi connectivity index (χ0v) is 11.5. The molecule has 2 rings (SSSR count). The minimum absolute atomic E-state index is 0.219. The number of aryl methyl sites for hydroxylation is 1. The number of hydrogen-bond donors (Lipinski definition) is 2. The second-order valence-electron chi connectivity index (χ2n) is 4.84. The zero-order chi connectivity index (χ0) is 14.7. The lowest BCUT2D eigenvalue weighted by molar-refractivity contribution is 0.0940. The largest absolute Gasteiger partial charge is 0.398 e. The Bertz CT molecular complexity index is 623. The predicted octanol–water partition coefficient (Wildman–Crippen LogP) is 3.21. The first-order chi connectivity index (χ1) is 9.47. The summed E-state index contributed by atoms with van der Waals surface area (Å²) in [5, 5.41) is 2.86. The van der Waals surface area contributed by atoms with E-state index >= 15 is 0 Å². The molecule has 0 saturated heterocycles. The first-order valence-electron chi connectivity index (χ1n) is 6.40. The third-order valence-electron chi connectivity index (χ3n) is 3.17. The van der Waals surface area contributed by atoms with Crippen LogP contribution in [0, 0.1) is 12.7 Å². The molecule has 0 aliphatic carbocycles. The van der Waals surface area contributed by atoms with Gasteiger partial charge in [-0.15, -0.1) is 0 Å². The molecule has 0 unspecified atom stereocenters. The van der Waals surface area contributed by atoms with Crippen LogP contribution in [0.1, 0.15) is 34.5 Å². The molecule has 2 aromatic rings. The standard InChI is InChI=1S/C16H17FN2O/c1-10-3-8-15(18)14(9-10)16(20)19-11(2)12-4-6-13(17)7-5-12/h3-9,11H,18H2,1-2H3,(H,19,20)/t11-/m0/s1. The van der Waals surface area contributed by atoms with Crippen molar-refractivity contribution < 1.29 is 9.18 Å². The maximum absolute atomic E-state index is 12.9. The molecule has 0 radical (unpaired) electrons. The van der Waals surface area contributed by atoms with Gasteiger partial charge in [0.1, 0.15) is 5.82 Å². The van der Waals surface area contributed by atoms with E-state index in [0.29, 0.717) is 11.3 Å². The van der Waals surface area contributed by atoms with Gasteiger partial charge in [0, 0.05) is 5.69 Å². The van der Waals surface area contributed by atoms with Crippen LogP contribution >= 0.6 is 0 Å². The molecule has 0 aliphatic heterocycles. The highest BCUT2D eigenvalue weighted by Crippen LogP contribution is 2.17. The summed E-state index contributed by atoms with van der Waals surface area (Å²) < 4.78 is 12.9. The molecule has 2 aromatic carbocycles. The topological polar surface area (TPSA) is 55.1 Å². The molecule has 0 aliphatic rings. The Kier molecular flexibility index (Phi) is 4.03. The van der Waals surface area contributed by atoms with Gasteiger partial charge in [-0.2, -0.15) is 0 Å². The molecule has 3 N–H and O–H groups in total. The SMILES string of the molecule is Cc1ccc(N)c(C(=O)N[C@@H](C)c2ccc(F)cc2)c1. The molecule has 20 heavy (non-hydrogen) atoms. The van der Waals surface area contributed by atoms with Crippen molar-refractivity contribution in [3.05, 3.63) is 65.0 Å². The number of benzene rings is 2. The van der Waals surface area contributed by atoms with Gasteiger partial charge in [0.25, 0.3) is 5.91 Å². The highest BCUT2D eigenvalue weighted by molar-refractivity contribution is 5.99. The summed E-state index contributed by atoms with van der Waals surface area (Å²) in [6.07, 6.45) is 0. The van der Waals surface area contributed by atoms with Gasteiger partial charge in [-0.1, -0.05) is 23.8 Å². The molecule has 0 bridgehead atoms.